The van der Waals surface area contributed by atoms with Crippen LogP contribution in [0.15, 0.2) is 0 Å². The molecule has 0 heterocycles. The summed E-state index contributed by atoms with van der Waals surface area (Å²) in [5, 5.41) is 0. The van der Waals surface area contributed by atoms with Crippen LogP contribution in [0.3, 0.4) is 0 Å². The molecule has 11 heavy (non-hydrogen) atoms. The van der Waals surface area contributed by atoms with Crippen LogP contribution in [-0.4, -0.2) is 0 Å². The topological polar surface area (TPSA) is 0 Å². The Bertz CT molecular complexity index is 220. The summed E-state index contributed by atoms with van der Waals surface area (Å²) < 4.78 is 0. The Kier molecular flexibility index (Phi) is 0.832. The molecule has 5 atom stereocenters. The molecule has 5 unspecified atom stereocenters. The molecule has 0 aromatic heterocycles. The molecule has 3 aliphatic rings. The van der Waals surface area contributed by atoms with Crippen molar-refractivity contribution < 1.29 is 0 Å². The fourth-order valence-corrected chi connectivity index (χ4v) is 4.61. The highest BCUT2D eigenvalue weighted by atomic mass is 14.8. The van der Waals surface area contributed by atoms with Gasteiger partial charge in [-0.2, -0.15) is 0 Å². The largest absolute Gasteiger partial charge is 0.0617 e. The van der Waals surface area contributed by atoms with E-state index in [-0.39, 0.29) is 0 Å². The Morgan fingerprint density at radius 1 is 1.09 bits per heavy atom. The van der Waals surface area contributed by atoms with E-state index in [1.807, 2.05) is 0 Å². The predicted molar refractivity (Wildman–Crippen MR) is 46.2 cm³/mol. The number of hydrogen-bond donors (Lipinski definition) is 0. The summed E-state index contributed by atoms with van der Waals surface area (Å²) in [5.74, 6) is 3.24. The van der Waals surface area contributed by atoms with Gasteiger partial charge in [0.15, 0.2) is 0 Å². The fraction of sp³-hybridized carbons (Fsp3) is 1.00. The summed E-state index contributed by atoms with van der Waals surface area (Å²) in [4.78, 5) is 0. The van der Waals surface area contributed by atoms with Gasteiger partial charge in [-0.3, -0.25) is 0 Å². The Morgan fingerprint density at radius 2 is 1.82 bits per heavy atom. The zero-order chi connectivity index (χ0) is 7.85. The van der Waals surface area contributed by atoms with Gasteiger partial charge in [0.2, 0.25) is 0 Å². The molecule has 1 spiro atoms. The lowest BCUT2D eigenvalue weighted by Gasteiger charge is -2.29. The van der Waals surface area contributed by atoms with Crippen molar-refractivity contribution >= 4 is 0 Å². The third-order valence-electron chi connectivity index (χ3n) is 5.53. The molecule has 0 N–H and O–H groups in total. The van der Waals surface area contributed by atoms with Crippen molar-refractivity contribution in [2.75, 3.05) is 0 Å². The average molecular weight is 150 g/mol. The lowest BCUT2D eigenvalue weighted by molar-refractivity contribution is 0.200. The number of hydrogen-bond acceptors (Lipinski definition) is 0. The molecular weight excluding hydrogens is 132 g/mol. The first-order valence-corrected chi connectivity index (χ1v) is 5.10. The second-order valence-corrected chi connectivity index (χ2v) is 5.67. The Balaban J connectivity index is 2.04. The highest BCUT2D eigenvalue weighted by molar-refractivity contribution is 5.23. The van der Waals surface area contributed by atoms with Crippen LogP contribution in [0, 0.1) is 28.6 Å². The zero-order valence-corrected chi connectivity index (χ0v) is 7.85. The fourth-order valence-electron chi connectivity index (χ4n) is 4.61. The van der Waals surface area contributed by atoms with Crippen molar-refractivity contribution in [3.8, 4) is 0 Å². The minimum Gasteiger partial charge on any atom is -0.0617 e. The summed E-state index contributed by atoms with van der Waals surface area (Å²) >= 11 is 0. The normalized spacial score (nSPS) is 71.7. The van der Waals surface area contributed by atoms with Gasteiger partial charge in [-0.05, 0) is 47.8 Å². The molecule has 3 fully saturated rings. The van der Waals surface area contributed by atoms with Gasteiger partial charge in [0.05, 0.1) is 0 Å². The molecule has 0 nitrogen and oxygen atoms in total. The van der Waals surface area contributed by atoms with E-state index in [0.29, 0.717) is 0 Å². The van der Waals surface area contributed by atoms with Gasteiger partial charge >= 0.3 is 0 Å². The van der Waals surface area contributed by atoms with E-state index in [4.69, 9.17) is 0 Å². The van der Waals surface area contributed by atoms with Crippen molar-refractivity contribution in [3.63, 3.8) is 0 Å². The maximum absolute atomic E-state index is 2.52. The quantitative estimate of drug-likeness (QED) is 0.498. The van der Waals surface area contributed by atoms with Crippen LogP contribution >= 0.6 is 0 Å². The minimum absolute atomic E-state index is 0.761. The monoisotopic (exact) mass is 150 g/mol. The van der Waals surface area contributed by atoms with Gasteiger partial charge in [0, 0.05) is 0 Å². The molecule has 0 aromatic rings. The molecule has 2 bridgehead atoms. The summed E-state index contributed by atoms with van der Waals surface area (Å²) in [6, 6.07) is 0. The number of fused-ring (bicyclic) bond motifs is 1. The van der Waals surface area contributed by atoms with Gasteiger partial charge in [0.25, 0.3) is 0 Å². The van der Waals surface area contributed by atoms with E-state index in [1.54, 1.807) is 12.8 Å². The second kappa shape index (κ2) is 1.41. The van der Waals surface area contributed by atoms with E-state index >= 15 is 0 Å². The van der Waals surface area contributed by atoms with Crippen LogP contribution in [0.4, 0.5) is 0 Å². The smallest absolute Gasteiger partial charge is 0.0230 e. The first kappa shape index (κ1) is 6.51. The van der Waals surface area contributed by atoms with Crippen molar-refractivity contribution in [2.24, 2.45) is 28.6 Å². The third-order valence-corrected chi connectivity index (χ3v) is 5.53. The minimum atomic E-state index is 0.761. The van der Waals surface area contributed by atoms with Crippen LogP contribution < -0.4 is 0 Å². The van der Waals surface area contributed by atoms with Gasteiger partial charge in [-0.1, -0.05) is 20.8 Å². The van der Waals surface area contributed by atoms with Crippen LogP contribution in [0.5, 0.6) is 0 Å². The van der Waals surface area contributed by atoms with Crippen LogP contribution in [-0.2, 0) is 0 Å². The van der Waals surface area contributed by atoms with E-state index < -0.39 is 0 Å². The van der Waals surface area contributed by atoms with Gasteiger partial charge in [-0.25, -0.2) is 0 Å². The zero-order valence-electron chi connectivity index (χ0n) is 7.85. The highest BCUT2D eigenvalue weighted by Crippen LogP contribution is 2.82. The van der Waals surface area contributed by atoms with Crippen molar-refractivity contribution in [3.05, 3.63) is 0 Å². The maximum Gasteiger partial charge on any atom is -0.0230 e. The average Bonchev–Trinajstić information content (AvgIpc) is 2.33. The summed E-state index contributed by atoms with van der Waals surface area (Å²) in [5.41, 5.74) is 1.63. The molecule has 62 valence electrons. The summed E-state index contributed by atoms with van der Waals surface area (Å²) in [7, 11) is 0. The van der Waals surface area contributed by atoms with E-state index in [0.717, 1.165) is 28.6 Å². The summed E-state index contributed by atoms with van der Waals surface area (Å²) in [6.07, 6.45) is 4.64. The van der Waals surface area contributed by atoms with Crippen molar-refractivity contribution in [2.45, 2.75) is 40.0 Å². The molecule has 3 aliphatic carbocycles. The van der Waals surface area contributed by atoms with Gasteiger partial charge in [-0.15, -0.1) is 0 Å². The standard InChI is InChI=1S/C11H18/c1-7-9-8(2)11(9)5-4-10(7,3)6-11/h7-9H,4-6H2,1-3H3. The third kappa shape index (κ3) is 0.467. The molecule has 3 saturated carbocycles. The Hall–Kier alpha value is 0. The Morgan fingerprint density at radius 3 is 2.27 bits per heavy atom. The highest BCUT2D eigenvalue weighted by Gasteiger charge is 2.75. The van der Waals surface area contributed by atoms with Crippen molar-refractivity contribution in [1.82, 2.24) is 0 Å². The van der Waals surface area contributed by atoms with Gasteiger partial charge < -0.3 is 0 Å². The number of rotatable bonds is 0. The van der Waals surface area contributed by atoms with E-state index in [1.165, 1.54) is 6.42 Å². The second-order valence-electron chi connectivity index (χ2n) is 5.67. The first-order valence-electron chi connectivity index (χ1n) is 5.10. The molecule has 3 rings (SSSR count). The molecule has 0 heteroatoms. The SMILES string of the molecule is CC1C2C(C)C23CCC1(C)C3. The molecule has 0 aromatic carbocycles. The van der Waals surface area contributed by atoms with E-state index in [9.17, 15) is 0 Å². The lowest BCUT2D eigenvalue weighted by Crippen LogP contribution is -2.21. The maximum atomic E-state index is 2.52. The molecule has 0 amide bonds. The van der Waals surface area contributed by atoms with Crippen LogP contribution in [0.1, 0.15) is 40.0 Å². The van der Waals surface area contributed by atoms with E-state index in [2.05, 4.69) is 20.8 Å². The molecular formula is C11H18. The first-order chi connectivity index (χ1) is 5.10. The molecule has 0 saturated heterocycles. The molecule has 0 radical (unpaired) electrons. The van der Waals surface area contributed by atoms with Crippen LogP contribution in [0.2, 0.25) is 0 Å². The Labute approximate surface area is 69.4 Å². The molecule has 0 aliphatic heterocycles. The summed E-state index contributed by atoms with van der Waals surface area (Å²) in [6.45, 7) is 7.49. The predicted octanol–water partition coefficient (Wildman–Crippen LogP) is 3.08. The lowest BCUT2D eigenvalue weighted by atomic mass is 9.76. The van der Waals surface area contributed by atoms with Crippen molar-refractivity contribution in [1.29, 1.82) is 0 Å². The van der Waals surface area contributed by atoms with Crippen LogP contribution in [0.25, 0.3) is 0 Å². The van der Waals surface area contributed by atoms with Gasteiger partial charge in [0.1, 0.15) is 0 Å².